The van der Waals surface area contributed by atoms with Gasteiger partial charge in [-0.2, -0.15) is 0 Å². The molecule has 0 spiro atoms. The van der Waals surface area contributed by atoms with Crippen LogP contribution >= 0.6 is 0 Å². The molecule has 2 rings (SSSR count). The predicted octanol–water partition coefficient (Wildman–Crippen LogP) is 1.86. The molecule has 0 bridgehead atoms. The van der Waals surface area contributed by atoms with E-state index in [4.69, 9.17) is 9.59 Å². The first kappa shape index (κ1) is 10.3. The predicted molar refractivity (Wildman–Crippen MR) is 60.0 cm³/mol. The summed E-state index contributed by atoms with van der Waals surface area (Å²) in [5.41, 5.74) is -0.0767. The number of nitrogens with one attached hydrogen (secondary N) is 1. The van der Waals surface area contributed by atoms with Gasteiger partial charge in [-0.1, -0.05) is 18.2 Å². The number of nitrogens with zero attached hydrogens (tertiary/aromatic N) is 1. The average molecular weight is 224 g/mol. The van der Waals surface area contributed by atoms with E-state index in [-0.39, 0.29) is 5.84 Å². The van der Waals surface area contributed by atoms with Crippen LogP contribution in [0.1, 0.15) is 13.8 Å². The highest BCUT2D eigenvalue weighted by molar-refractivity contribution is 7.83. The van der Waals surface area contributed by atoms with E-state index in [2.05, 4.69) is 0 Å². The summed E-state index contributed by atoms with van der Waals surface area (Å²) in [4.78, 5) is 0. The van der Waals surface area contributed by atoms with Crippen molar-refractivity contribution in [3.63, 3.8) is 0 Å². The summed E-state index contributed by atoms with van der Waals surface area (Å²) >= 11 is -1.60. The minimum Gasteiger partial charge on any atom is -0.285 e. The Morgan fingerprint density at radius 1 is 1.33 bits per heavy atom. The van der Waals surface area contributed by atoms with Crippen LogP contribution in [0.25, 0.3) is 0 Å². The molecule has 1 aliphatic heterocycles. The van der Waals surface area contributed by atoms with Crippen LogP contribution in [-0.2, 0) is 15.4 Å². The lowest BCUT2D eigenvalue weighted by atomic mass is 10.1. The molecule has 0 saturated carbocycles. The van der Waals surface area contributed by atoms with Crippen molar-refractivity contribution in [1.82, 2.24) is 0 Å². The van der Waals surface area contributed by atoms with Gasteiger partial charge in [-0.15, -0.1) is 0 Å². The van der Waals surface area contributed by atoms with Crippen LogP contribution in [0, 0.1) is 5.41 Å². The van der Waals surface area contributed by atoms with Gasteiger partial charge in [0.1, 0.15) is 11.4 Å². The Morgan fingerprint density at radius 3 is 2.40 bits per heavy atom. The normalized spacial score (nSPS) is 24.5. The molecule has 1 unspecified atom stereocenters. The van der Waals surface area contributed by atoms with Crippen molar-refractivity contribution in [2.75, 3.05) is 4.31 Å². The second-order valence-electron chi connectivity index (χ2n) is 3.79. The zero-order chi connectivity index (χ0) is 11.1. The van der Waals surface area contributed by atoms with E-state index < -0.39 is 16.9 Å². The molecule has 5 heteroatoms. The van der Waals surface area contributed by atoms with E-state index >= 15 is 0 Å². The van der Waals surface area contributed by atoms with E-state index in [1.807, 2.05) is 18.2 Å². The molecule has 0 amide bonds. The number of amidine groups is 1. The Balaban J connectivity index is 2.40. The number of rotatable bonds is 1. The molecule has 1 fully saturated rings. The summed E-state index contributed by atoms with van der Waals surface area (Å²) < 4.78 is 18.3. The minimum atomic E-state index is -1.60. The van der Waals surface area contributed by atoms with Crippen molar-refractivity contribution in [3.05, 3.63) is 30.3 Å². The maximum absolute atomic E-state index is 11.7. The minimum absolute atomic E-state index is 0.215. The largest absolute Gasteiger partial charge is 0.285 e. The van der Waals surface area contributed by atoms with Crippen molar-refractivity contribution in [3.8, 4) is 0 Å². The number of hydrogen-bond donors (Lipinski definition) is 1. The van der Waals surface area contributed by atoms with Gasteiger partial charge in [0, 0.05) is 0 Å². The van der Waals surface area contributed by atoms with E-state index in [0.717, 1.165) is 0 Å². The van der Waals surface area contributed by atoms with E-state index in [1.165, 1.54) is 4.31 Å². The Morgan fingerprint density at radius 2 is 1.93 bits per heavy atom. The molecule has 0 aromatic heterocycles. The number of benzene rings is 1. The van der Waals surface area contributed by atoms with Gasteiger partial charge in [0.15, 0.2) is 0 Å². The van der Waals surface area contributed by atoms with Crippen LogP contribution < -0.4 is 4.31 Å². The fourth-order valence-electron chi connectivity index (χ4n) is 1.35. The zero-order valence-electron chi connectivity index (χ0n) is 8.56. The third-order valence-corrected chi connectivity index (χ3v) is 3.44. The Labute approximate surface area is 91.2 Å². The summed E-state index contributed by atoms with van der Waals surface area (Å²) in [7, 11) is 0. The molecule has 0 aliphatic carbocycles. The molecule has 1 atom stereocenters. The van der Waals surface area contributed by atoms with Gasteiger partial charge in [0.25, 0.3) is 11.3 Å². The highest BCUT2D eigenvalue weighted by atomic mass is 32.2. The molecular weight excluding hydrogens is 212 g/mol. The summed E-state index contributed by atoms with van der Waals surface area (Å²) in [5, 5.41) is 7.88. The van der Waals surface area contributed by atoms with E-state index in [0.29, 0.717) is 5.69 Å². The van der Waals surface area contributed by atoms with Crippen LogP contribution in [0.2, 0.25) is 0 Å². The lowest BCUT2D eigenvalue weighted by molar-refractivity contribution is 0.219. The summed E-state index contributed by atoms with van der Waals surface area (Å²) in [6, 6.07) is 9.16. The second kappa shape index (κ2) is 3.43. The highest BCUT2D eigenvalue weighted by Crippen LogP contribution is 2.30. The molecule has 15 heavy (non-hydrogen) atoms. The van der Waals surface area contributed by atoms with Crippen molar-refractivity contribution in [1.29, 1.82) is 5.41 Å². The molecule has 1 aromatic rings. The molecule has 4 nitrogen and oxygen atoms in total. The van der Waals surface area contributed by atoms with Crippen LogP contribution in [-0.4, -0.2) is 15.6 Å². The first-order valence-corrected chi connectivity index (χ1v) is 5.61. The zero-order valence-corrected chi connectivity index (χ0v) is 9.38. The van der Waals surface area contributed by atoms with Crippen LogP contribution in [0.3, 0.4) is 0 Å². The van der Waals surface area contributed by atoms with Crippen molar-refractivity contribution in [2.24, 2.45) is 0 Å². The van der Waals surface area contributed by atoms with Crippen LogP contribution in [0.4, 0.5) is 5.69 Å². The Bertz CT molecular complexity index is 417. The number of para-hydroxylation sites is 1. The Hall–Kier alpha value is -1.20. The smallest absolute Gasteiger partial charge is 0.271 e. The highest BCUT2D eigenvalue weighted by Gasteiger charge is 2.43. The molecule has 1 N–H and O–H groups in total. The van der Waals surface area contributed by atoms with Crippen molar-refractivity contribution in [2.45, 2.75) is 19.4 Å². The molecule has 1 aliphatic rings. The van der Waals surface area contributed by atoms with Gasteiger partial charge in [-0.05, 0) is 26.0 Å². The third-order valence-electron chi connectivity index (χ3n) is 2.19. The first-order valence-electron chi connectivity index (χ1n) is 4.58. The fourth-order valence-corrected chi connectivity index (χ4v) is 2.53. The summed E-state index contributed by atoms with van der Waals surface area (Å²) in [6.45, 7) is 3.46. The topological polar surface area (TPSA) is 53.4 Å². The quantitative estimate of drug-likeness (QED) is 0.791. The molecule has 1 aromatic carbocycles. The van der Waals surface area contributed by atoms with Crippen molar-refractivity contribution >= 4 is 22.8 Å². The van der Waals surface area contributed by atoms with Gasteiger partial charge >= 0.3 is 0 Å². The molecule has 0 radical (unpaired) electrons. The number of anilines is 1. The summed E-state index contributed by atoms with van der Waals surface area (Å²) in [5.74, 6) is 0.215. The van der Waals surface area contributed by atoms with Gasteiger partial charge in [0.2, 0.25) is 0 Å². The molecule has 1 saturated heterocycles. The second-order valence-corrected chi connectivity index (χ2v) is 4.76. The monoisotopic (exact) mass is 224 g/mol. The molecular formula is C10H12N2O2S. The van der Waals surface area contributed by atoms with Gasteiger partial charge < -0.3 is 0 Å². The average Bonchev–Trinajstić information content (AvgIpc) is 2.38. The maximum atomic E-state index is 11.7. The van der Waals surface area contributed by atoms with Gasteiger partial charge in [-0.25, -0.2) is 8.51 Å². The lowest BCUT2D eigenvalue weighted by Crippen LogP contribution is -2.34. The van der Waals surface area contributed by atoms with Gasteiger partial charge in [0.05, 0.1) is 5.69 Å². The third kappa shape index (κ3) is 1.68. The SMILES string of the molecule is CC1(C)OS(=O)N(c2ccccc2)C1=N. The molecule has 1 heterocycles. The summed E-state index contributed by atoms with van der Waals surface area (Å²) in [6.07, 6.45) is 0. The van der Waals surface area contributed by atoms with Crippen molar-refractivity contribution < 1.29 is 8.39 Å². The van der Waals surface area contributed by atoms with Gasteiger partial charge in [-0.3, -0.25) is 9.59 Å². The number of hydrogen-bond acceptors (Lipinski definition) is 3. The lowest BCUT2D eigenvalue weighted by Gasteiger charge is -2.16. The van der Waals surface area contributed by atoms with E-state index in [1.54, 1.807) is 26.0 Å². The van der Waals surface area contributed by atoms with Crippen LogP contribution in [0.5, 0.6) is 0 Å². The maximum Gasteiger partial charge on any atom is 0.271 e. The molecule has 80 valence electrons. The van der Waals surface area contributed by atoms with Crippen LogP contribution in [0.15, 0.2) is 30.3 Å². The van der Waals surface area contributed by atoms with E-state index in [9.17, 15) is 4.21 Å². The standard InChI is InChI=1S/C10H12N2O2S/c1-10(2)9(11)12(15(13)14-10)8-6-4-3-5-7-8/h3-7,11H,1-2H3. The first-order chi connectivity index (χ1) is 7.02. The fraction of sp³-hybridized carbons (Fsp3) is 0.300. The Kier molecular flexibility index (Phi) is 2.36.